The fourth-order valence-electron chi connectivity index (χ4n) is 12.8. The number of aliphatic hydroxyl groups is 2. The Bertz CT molecular complexity index is 3250. The molecular weight excluding hydrogens is 1860 g/mol. The van der Waals surface area contributed by atoms with E-state index in [2.05, 4.69) is 242 Å². The molecular formula is C93H169BBr3ClN5O15SSi4. The van der Waals surface area contributed by atoms with Crippen molar-refractivity contribution in [2.24, 2.45) is 21.9 Å². The Balaban J connectivity index is 0.00000146. The standard InChI is InChI=1S/C24H39NO5Si.C21H44N2O3Si.C12H25BrOSi.C12H13NO4.2C6H11BrO.C6H15ClSi.C6H10.BHNS/c1-24(2,3)31(5,6)30-21-15-11-10-14-19(21)16-20(22(26)28-4)25-23(27)29-17-18-12-8-7-9-13-18;1-20(2,3)25-19(24)23(7)15-17(22)14-16-12-10-11-13-18(16)26-27(8,9)21(4,5)6;1-12(2,3)15(4,5)14-11-9-7-6-8-10(11)13;1-9(11(14)16-2)13-12(15)17-8-10-6-4-3-5-7-10;2*7-5-3-1-2-4-6(5)8;1-6(2,3)8(4,5)7;1-2-4-6-5-3-1;1-2-3/h7-9,12-13,19-21H,10-11,14-17H2,1-6H3,(H,25,27);16-18H,10-15,22H2,1-9H3;10-11H,6-9H2,1-5H3;3-7H,1,8H2,2H3,(H,13,15);2*5-6,8H,1-4H2;1-5H3;1-2H,3-6H2;3H/t19-,20?,21+;16-,17?,18+;10-,11-;;2*5-,6-;;;/m001.10.../s1. The Morgan fingerprint density at radius 3 is 1.20 bits per heavy atom. The third-order valence-corrected chi connectivity index (χ3v) is 46.5. The monoisotopic (exact) mass is 2020 g/mol. The molecule has 123 heavy (non-hydrogen) atoms. The molecule has 5 fully saturated rings. The van der Waals surface area contributed by atoms with Crippen LogP contribution in [0.15, 0.2) is 89.4 Å². The molecule has 2 unspecified atom stereocenters. The van der Waals surface area contributed by atoms with E-state index in [-0.39, 0.29) is 65.4 Å². The number of esters is 2. The van der Waals surface area contributed by atoms with Gasteiger partial charge in [0.1, 0.15) is 30.6 Å². The molecule has 20 nitrogen and oxygen atoms in total. The zero-order valence-corrected chi connectivity index (χ0v) is 91.2. The van der Waals surface area contributed by atoms with Gasteiger partial charge in [-0.05, 0) is 206 Å². The number of rotatable bonds is 20. The number of methoxy groups -OCH3 is 2. The van der Waals surface area contributed by atoms with Crippen molar-refractivity contribution in [3.63, 3.8) is 0 Å². The average Bonchev–Trinajstić information content (AvgIpc) is 0.811. The number of alkyl halides is 3. The van der Waals surface area contributed by atoms with Crippen molar-refractivity contribution in [2.75, 3.05) is 27.8 Å². The number of amides is 3. The van der Waals surface area contributed by atoms with Crippen molar-refractivity contribution < 1.29 is 71.1 Å². The van der Waals surface area contributed by atoms with Gasteiger partial charge in [0.2, 0.25) is 0 Å². The number of hydrogen-bond donors (Lipinski definition) is 6. The molecule has 2 aromatic rings. The van der Waals surface area contributed by atoms with Gasteiger partial charge in [-0.15, -0.1) is 0 Å². The summed E-state index contributed by atoms with van der Waals surface area (Å²) in [6.07, 6.45) is 33.8. The van der Waals surface area contributed by atoms with Crippen LogP contribution in [0.25, 0.3) is 0 Å². The molecule has 0 bridgehead atoms. The van der Waals surface area contributed by atoms with E-state index in [0.29, 0.717) is 55.6 Å². The van der Waals surface area contributed by atoms with Crippen LogP contribution in [0.2, 0.25) is 72.5 Å². The Hall–Kier alpha value is -2.76. The molecule has 6 aliphatic rings. The van der Waals surface area contributed by atoms with Crippen molar-refractivity contribution >= 4 is 142 Å². The van der Waals surface area contributed by atoms with Gasteiger partial charge in [-0.25, -0.2) is 24.0 Å². The van der Waals surface area contributed by atoms with Crippen LogP contribution in [0.1, 0.15) is 282 Å². The summed E-state index contributed by atoms with van der Waals surface area (Å²) in [7, 11) is 1.97. The van der Waals surface area contributed by atoms with E-state index in [9.17, 15) is 24.0 Å². The van der Waals surface area contributed by atoms with Gasteiger partial charge in [-0.3, -0.25) is 5.32 Å². The zero-order chi connectivity index (χ0) is 94.4. The number of ether oxygens (including phenoxy) is 5. The van der Waals surface area contributed by atoms with Crippen LogP contribution in [0.3, 0.4) is 0 Å². The van der Waals surface area contributed by atoms with E-state index < -0.39 is 68.1 Å². The maximum atomic E-state index is 12.4. The molecule has 12 atom stereocenters. The molecule has 0 spiro atoms. The number of hydrogen-bond acceptors (Lipinski definition) is 18. The van der Waals surface area contributed by atoms with Crippen LogP contribution in [-0.4, -0.2) is 176 Å². The fourth-order valence-corrected chi connectivity index (χ4v) is 19.1. The Kier molecular flexibility index (Phi) is 59.0. The first kappa shape index (κ1) is 120. The molecule has 6 N–H and O–H groups in total. The summed E-state index contributed by atoms with van der Waals surface area (Å²) in [6.45, 7) is 55.1. The van der Waals surface area contributed by atoms with Gasteiger partial charge < -0.3 is 63.1 Å². The van der Waals surface area contributed by atoms with E-state index in [0.717, 1.165) is 75.3 Å². The summed E-state index contributed by atoms with van der Waals surface area (Å²) < 4.78 is 47.6. The van der Waals surface area contributed by atoms with Gasteiger partial charge in [0.25, 0.3) is 0 Å². The molecule has 5 saturated carbocycles. The number of nitrogens with zero attached hydrogens (tertiary/aromatic N) is 2. The first-order chi connectivity index (χ1) is 56.8. The quantitative estimate of drug-likeness (QED) is 0.0105. The topological polar surface area (TPSA) is 265 Å². The Labute approximate surface area is 787 Å². The summed E-state index contributed by atoms with van der Waals surface area (Å²) in [6, 6.07) is 17.8. The van der Waals surface area contributed by atoms with E-state index in [1.165, 1.54) is 111 Å². The number of benzene rings is 2. The number of halogens is 4. The number of likely N-dealkylation sites (N-methyl/N-ethyl adjacent to an activating group) is 1. The van der Waals surface area contributed by atoms with Crippen LogP contribution >= 0.6 is 71.7 Å². The van der Waals surface area contributed by atoms with Crippen LogP contribution in [0, 0.1) is 11.8 Å². The molecule has 30 heteroatoms. The molecule has 0 aliphatic heterocycles. The number of carbonyl (C=O) groups excluding carboxylic acids is 5. The summed E-state index contributed by atoms with van der Waals surface area (Å²) in [5, 5.41) is 24.2. The number of nitrogens with two attached hydrogens (primary N) is 1. The van der Waals surface area contributed by atoms with Crippen molar-refractivity contribution in [3.8, 4) is 0 Å². The number of allylic oxidation sites excluding steroid dienone is 2. The van der Waals surface area contributed by atoms with Crippen LogP contribution in [0.4, 0.5) is 14.4 Å². The van der Waals surface area contributed by atoms with Crippen molar-refractivity contribution in [1.29, 1.82) is 0 Å². The molecule has 0 heterocycles. The minimum atomic E-state index is -1.93. The van der Waals surface area contributed by atoms with Crippen LogP contribution in [-0.2, 0) is 59.8 Å². The van der Waals surface area contributed by atoms with Crippen LogP contribution in [0.5, 0.6) is 0 Å². The summed E-state index contributed by atoms with van der Waals surface area (Å²) in [5.74, 6) is -0.480. The predicted octanol–water partition coefficient (Wildman–Crippen LogP) is 25.8. The number of alkyl carbamates (subject to hydrolysis) is 2. The van der Waals surface area contributed by atoms with E-state index >= 15 is 0 Å². The van der Waals surface area contributed by atoms with Gasteiger partial charge in [0.05, 0.1) is 32.5 Å². The summed E-state index contributed by atoms with van der Waals surface area (Å²) in [4.78, 5) is 62.1. The Morgan fingerprint density at radius 2 is 0.886 bits per heavy atom. The van der Waals surface area contributed by atoms with Crippen molar-refractivity contribution in [2.45, 2.75) is 419 Å². The molecule has 2 aromatic carbocycles. The van der Waals surface area contributed by atoms with Crippen LogP contribution < -0.4 is 16.4 Å². The fraction of sp³-hybridized carbons (Fsp3) is 0.774. The molecule has 1 radical (unpaired) electrons. The molecule has 0 aromatic heterocycles. The van der Waals surface area contributed by atoms with Gasteiger partial charge >= 0.3 is 55.0 Å². The number of carbonyl (C=O) groups is 5. The van der Waals surface area contributed by atoms with Gasteiger partial charge in [0.15, 0.2) is 32.3 Å². The number of thiol groups is 1. The van der Waals surface area contributed by atoms with E-state index in [1.54, 1.807) is 11.9 Å². The minimum absolute atomic E-state index is 0.0591. The normalized spacial score (nSPS) is 22.3. The van der Waals surface area contributed by atoms with Gasteiger partial charge in [-0.1, -0.05) is 288 Å². The SMILES string of the molecule is C1=CCCCC1.C=C(NC(=O)OCc1ccccc1)C(=O)OC.CC(C)(C)[Si](C)(C)Cl.CC(C)(C)[Si](C)(C)O[C@@H]1CCCC[C@H]1Br.CN(CC(N)C[C@@H]1CCCC[C@H]1O[Si](C)(C)C(C)(C)C)C(=O)OC(C)(C)C.COC(=O)C(C[C@@H]1CCCC[C@H]1O[Si](C)(C)C(C)(C)C)NC(=O)OCc1ccccc1.O[C@@H]1CCCC[C@H]1Br.O[C@H]1CCCC[C@@H]1Br.[B]=NS. The second kappa shape index (κ2) is 60.3. The van der Waals surface area contributed by atoms with Gasteiger partial charge in [0, 0.05) is 46.3 Å². The molecule has 709 valence electrons. The number of aliphatic hydroxyl groups excluding tert-OH is 2. The predicted molar refractivity (Wildman–Crippen MR) is 536 cm³/mol. The zero-order valence-electron chi connectivity index (χ0n) is 80.8. The third-order valence-electron chi connectivity index (χ3n) is 24.5. The Morgan fingerprint density at radius 1 is 0.545 bits per heavy atom. The molecule has 3 amide bonds. The van der Waals surface area contributed by atoms with Gasteiger partial charge in [-0.2, -0.15) is 11.1 Å². The molecule has 8 rings (SSSR count). The summed E-state index contributed by atoms with van der Waals surface area (Å²) in [5.41, 5.74) is 7.52. The maximum absolute atomic E-state index is 12.4. The third kappa shape index (κ3) is 52.8. The van der Waals surface area contributed by atoms with E-state index in [4.69, 9.17) is 59.3 Å². The first-order valence-corrected chi connectivity index (χ1v) is 60.9. The van der Waals surface area contributed by atoms with E-state index in [1.807, 2.05) is 81.4 Å². The second-order valence-corrected chi connectivity index (χ2v) is 65.8. The average molecular weight is 2030 g/mol. The summed E-state index contributed by atoms with van der Waals surface area (Å²) >= 11 is 19.9. The molecule has 6 aliphatic carbocycles. The second-order valence-electron chi connectivity index (χ2n) is 40.5. The first-order valence-electron chi connectivity index (χ1n) is 45.0. The number of nitrogens with one attached hydrogen (secondary N) is 2. The van der Waals surface area contributed by atoms with Crippen molar-refractivity contribution in [3.05, 3.63) is 96.2 Å². The molecule has 0 saturated heterocycles. The van der Waals surface area contributed by atoms with Crippen molar-refractivity contribution in [1.82, 2.24) is 15.5 Å².